The molecule has 0 spiro atoms. The number of carbonyl (C=O) groups excluding carboxylic acids is 2. The van der Waals surface area contributed by atoms with Gasteiger partial charge >= 0.3 is 0 Å². The molecule has 2 aromatic carbocycles. The first-order valence-corrected chi connectivity index (χ1v) is 8.80. The lowest BCUT2D eigenvalue weighted by Crippen LogP contribution is -2.44. The molecule has 0 bridgehead atoms. The Morgan fingerprint density at radius 2 is 1.62 bits per heavy atom. The molecule has 0 saturated carbocycles. The summed E-state index contributed by atoms with van der Waals surface area (Å²) < 4.78 is 0. The number of amides is 2. The Bertz CT molecular complexity index is 696. The third kappa shape index (κ3) is 5.13. The molecule has 0 saturated heterocycles. The molecule has 0 aliphatic carbocycles. The Labute approximate surface area is 147 Å². The van der Waals surface area contributed by atoms with Crippen LogP contribution in [0.2, 0.25) is 0 Å². The van der Waals surface area contributed by atoms with Gasteiger partial charge in [-0.25, -0.2) is 0 Å². The SMILES string of the molecule is CCc1ccc(C(=O)NNC(=O)[C@H](C)Sc2ccc(C)cc2)cc1. The number of carbonyl (C=O) groups is 2. The first-order valence-electron chi connectivity index (χ1n) is 7.92. The molecular weight excluding hydrogens is 320 g/mol. The zero-order chi connectivity index (χ0) is 17.5. The van der Waals surface area contributed by atoms with Gasteiger partial charge in [-0.15, -0.1) is 11.8 Å². The van der Waals surface area contributed by atoms with E-state index >= 15 is 0 Å². The number of rotatable bonds is 5. The van der Waals surface area contributed by atoms with E-state index in [4.69, 9.17) is 0 Å². The van der Waals surface area contributed by atoms with Crippen LogP contribution in [0.25, 0.3) is 0 Å². The minimum Gasteiger partial charge on any atom is -0.272 e. The van der Waals surface area contributed by atoms with Crippen molar-refractivity contribution in [3.63, 3.8) is 0 Å². The molecule has 2 rings (SSSR count). The van der Waals surface area contributed by atoms with E-state index in [2.05, 4.69) is 17.8 Å². The summed E-state index contributed by atoms with van der Waals surface area (Å²) in [6.45, 7) is 5.89. The Morgan fingerprint density at radius 3 is 2.21 bits per heavy atom. The number of hydrazine groups is 1. The van der Waals surface area contributed by atoms with Crippen LogP contribution in [0.15, 0.2) is 53.4 Å². The fourth-order valence-corrected chi connectivity index (χ4v) is 2.93. The van der Waals surface area contributed by atoms with Gasteiger partial charge in [-0.1, -0.05) is 36.8 Å². The van der Waals surface area contributed by atoms with Crippen LogP contribution in [0.3, 0.4) is 0 Å². The molecule has 0 unspecified atom stereocenters. The highest BCUT2D eigenvalue weighted by atomic mass is 32.2. The number of thioether (sulfide) groups is 1. The summed E-state index contributed by atoms with van der Waals surface area (Å²) in [5.74, 6) is -0.558. The van der Waals surface area contributed by atoms with Gasteiger partial charge in [-0.3, -0.25) is 20.4 Å². The van der Waals surface area contributed by atoms with E-state index in [1.165, 1.54) is 22.9 Å². The van der Waals surface area contributed by atoms with Crippen LogP contribution in [0.4, 0.5) is 0 Å². The van der Waals surface area contributed by atoms with Gasteiger partial charge in [-0.05, 0) is 50.1 Å². The lowest BCUT2D eigenvalue weighted by atomic mass is 10.1. The second-order valence-corrected chi connectivity index (χ2v) is 6.98. The molecule has 0 aliphatic rings. The molecule has 2 aromatic rings. The average molecular weight is 342 g/mol. The van der Waals surface area contributed by atoms with Crippen molar-refractivity contribution in [1.29, 1.82) is 0 Å². The van der Waals surface area contributed by atoms with Crippen molar-refractivity contribution in [2.24, 2.45) is 0 Å². The zero-order valence-electron chi connectivity index (χ0n) is 14.1. The molecule has 5 heteroatoms. The van der Waals surface area contributed by atoms with Gasteiger partial charge in [0, 0.05) is 10.5 Å². The van der Waals surface area contributed by atoms with Crippen LogP contribution in [-0.4, -0.2) is 17.1 Å². The van der Waals surface area contributed by atoms with Gasteiger partial charge in [-0.2, -0.15) is 0 Å². The Balaban J connectivity index is 1.84. The molecule has 2 N–H and O–H groups in total. The smallest absolute Gasteiger partial charge is 0.269 e. The average Bonchev–Trinajstić information content (AvgIpc) is 2.61. The molecule has 0 aromatic heterocycles. The van der Waals surface area contributed by atoms with Crippen LogP contribution < -0.4 is 10.9 Å². The third-order valence-corrected chi connectivity index (χ3v) is 4.74. The summed E-state index contributed by atoms with van der Waals surface area (Å²) in [6, 6.07) is 15.3. The highest BCUT2D eigenvalue weighted by Crippen LogP contribution is 2.23. The first-order chi connectivity index (χ1) is 11.5. The van der Waals surface area contributed by atoms with E-state index in [0.717, 1.165) is 11.3 Å². The lowest BCUT2D eigenvalue weighted by Gasteiger charge is -2.13. The largest absolute Gasteiger partial charge is 0.272 e. The van der Waals surface area contributed by atoms with Crippen molar-refractivity contribution in [3.8, 4) is 0 Å². The number of benzene rings is 2. The molecule has 2 amide bonds. The molecule has 126 valence electrons. The monoisotopic (exact) mass is 342 g/mol. The summed E-state index contributed by atoms with van der Waals surface area (Å²) in [4.78, 5) is 25.2. The van der Waals surface area contributed by atoms with E-state index < -0.39 is 0 Å². The van der Waals surface area contributed by atoms with Crippen LogP contribution >= 0.6 is 11.8 Å². The number of hydrogen-bond acceptors (Lipinski definition) is 3. The molecular formula is C19H22N2O2S. The maximum atomic E-state index is 12.1. The minimum absolute atomic E-state index is 0.237. The Kier molecular flexibility index (Phi) is 6.44. The number of aryl methyl sites for hydroxylation is 2. The normalized spacial score (nSPS) is 11.6. The topological polar surface area (TPSA) is 58.2 Å². The maximum Gasteiger partial charge on any atom is 0.269 e. The predicted octanol–water partition coefficient (Wildman–Crippen LogP) is 3.50. The van der Waals surface area contributed by atoms with E-state index in [9.17, 15) is 9.59 Å². The highest BCUT2D eigenvalue weighted by molar-refractivity contribution is 8.00. The van der Waals surface area contributed by atoms with Gasteiger partial charge < -0.3 is 0 Å². The van der Waals surface area contributed by atoms with Crippen LogP contribution in [0, 0.1) is 6.92 Å². The molecule has 0 radical (unpaired) electrons. The number of nitrogens with one attached hydrogen (secondary N) is 2. The van der Waals surface area contributed by atoms with Crippen molar-refractivity contribution in [2.45, 2.75) is 37.3 Å². The van der Waals surface area contributed by atoms with Crippen LogP contribution in [0.1, 0.15) is 35.3 Å². The second kappa shape index (κ2) is 8.55. The van der Waals surface area contributed by atoms with E-state index in [-0.39, 0.29) is 17.1 Å². The van der Waals surface area contributed by atoms with Gasteiger partial charge in [0.25, 0.3) is 11.8 Å². The van der Waals surface area contributed by atoms with Crippen molar-refractivity contribution >= 4 is 23.6 Å². The zero-order valence-corrected chi connectivity index (χ0v) is 14.9. The van der Waals surface area contributed by atoms with Crippen molar-refractivity contribution in [2.75, 3.05) is 0 Å². The Hall–Kier alpha value is -2.27. The van der Waals surface area contributed by atoms with Gasteiger partial charge in [0.15, 0.2) is 0 Å². The third-order valence-electron chi connectivity index (χ3n) is 3.63. The highest BCUT2D eigenvalue weighted by Gasteiger charge is 2.15. The van der Waals surface area contributed by atoms with E-state index in [0.29, 0.717) is 5.56 Å². The van der Waals surface area contributed by atoms with Gasteiger partial charge in [0.2, 0.25) is 0 Å². The fourth-order valence-electron chi connectivity index (χ4n) is 2.06. The minimum atomic E-state index is -0.321. The van der Waals surface area contributed by atoms with Crippen LogP contribution in [-0.2, 0) is 11.2 Å². The quantitative estimate of drug-likeness (QED) is 0.646. The molecule has 24 heavy (non-hydrogen) atoms. The lowest BCUT2D eigenvalue weighted by molar-refractivity contribution is -0.121. The fraction of sp³-hybridized carbons (Fsp3) is 0.263. The summed E-state index contributed by atoms with van der Waals surface area (Å²) >= 11 is 1.45. The van der Waals surface area contributed by atoms with E-state index in [1.54, 1.807) is 12.1 Å². The van der Waals surface area contributed by atoms with E-state index in [1.807, 2.05) is 50.2 Å². The van der Waals surface area contributed by atoms with Crippen LogP contribution in [0.5, 0.6) is 0 Å². The second-order valence-electron chi connectivity index (χ2n) is 5.57. The standard InChI is InChI=1S/C19H22N2O2S/c1-4-15-7-9-16(10-8-15)19(23)21-20-18(22)14(3)24-17-11-5-13(2)6-12-17/h5-12,14H,4H2,1-3H3,(H,20,22)(H,21,23)/t14-/m0/s1. The molecule has 0 fully saturated rings. The number of hydrogen-bond donors (Lipinski definition) is 2. The van der Waals surface area contributed by atoms with Crippen molar-refractivity contribution < 1.29 is 9.59 Å². The van der Waals surface area contributed by atoms with Crippen molar-refractivity contribution in [1.82, 2.24) is 10.9 Å². The Morgan fingerprint density at radius 1 is 1.00 bits per heavy atom. The summed E-state index contributed by atoms with van der Waals surface area (Å²) in [6.07, 6.45) is 0.923. The van der Waals surface area contributed by atoms with Gasteiger partial charge in [0.1, 0.15) is 0 Å². The first kappa shape index (κ1) is 18.1. The molecule has 1 atom stereocenters. The summed E-state index contributed by atoms with van der Waals surface area (Å²) in [7, 11) is 0. The van der Waals surface area contributed by atoms with Crippen molar-refractivity contribution in [3.05, 3.63) is 65.2 Å². The summed E-state index contributed by atoms with van der Waals surface area (Å²) in [5.41, 5.74) is 7.81. The predicted molar refractivity (Wildman–Crippen MR) is 97.9 cm³/mol. The molecule has 0 aliphatic heterocycles. The molecule has 4 nitrogen and oxygen atoms in total. The summed E-state index contributed by atoms with van der Waals surface area (Å²) in [5, 5.41) is -0.310. The van der Waals surface area contributed by atoms with Gasteiger partial charge in [0.05, 0.1) is 5.25 Å². The molecule has 0 heterocycles. The maximum absolute atomic E-state index is 12.1.